The molecule has 5 nitrogen and oxygen atoms in total. The summed E-state index contributed by atoms with van der Waals surface area (Å²) in [6.07, 6.45) is 4.83. The molecule has 24 heavy (non-hydrogen) atoms. The average molecular weight is 333 g/mol. The number of carbonyl (C=O) groups excluding carboxylic acids is 2. The second-order valence-corrected chi connectivity index (χ2v) is 6.17. The van der Waals surface area contributed by atoms with E-state index in [0.717, 1.165) is 31.2 Å². The van der Waals surface area contributed by atoms with Gasteiger partial charge in [-0.05, 0) is 18.4 Å². The first kappa shape index (κ1) is 18.5. The van der Waals surface area contributed by atoms with Gasteiger partial charge in [-0.1, -0.05) is 56.5 Å². The van der Waals surface area contributed by atoms with E-state index in [1.54, 1.807) is 0 Å². The molecule has 1 aliphatic rings. The van der Waals surface area contributed by atoms with Gasteiger partial charge in [-0.2, -0.15) is 0 Å². The van der Waals surface area contributed by atoms with Crippen molar-refractivity contribution in [3.63, 3.8) is 0 Å². The van der Waals surface area contributed by atoms with Crippen LogP contribution in [-0.4, -0.2) is 49.2 Å². The first-order valence-electron chi connectivity index (χ1n) is 8.71. The van der Waals surface area contributed by atoms with Gasteiger partial charge in [-0.3, -0.25) is 14.5 Å². The number of carbonyl (C=O) groups is 2. The minimum atomic E-state index is -0.435. The number of esters is 2. The molecule has 0 bridgehead atoms. The fourth-order valence-corrected chi connectivity index (χ4v) is 2.81. The van der Waals surface area contributed by atoms with E-state index in [2.05, 4.69) is 6.92 Å². The summed E-state index contributed by atoms with van der Waals surface area (Å²) in [5.74, 6) is -0.537. The number of methoxy groups -OCH3 is 1. The van der Waals surface area contributed by atoms with Crippen LogP contribution in [0.25, 0.3) is 0 Å². The number of benzene rings is 1. The minimum Gasteiger partial charge on any atom is -0.468 e. The molecule has 1 aliphatic heterocycles. The zero-order chi connectivity index (χ0) is 17.4. The van der Waals surface area contributed by atoms with Crippen molar-refractivity contribution in [2.75, 3.05) is 20.3 Å². The van der Waals surface area contributed by atoms with Crippen molar-refractivity contribution in [2.24, 2.45) is 0 Å². The summed E-state index contributed by atoms with van der Waals surface area (Å²) >= 11 is 0. The summed E-state index contributed by atoms with van der Waals surface area (Å²) in [5, 5.41) is 0. The SMILES string of the molecule is CCCCCCOC(=O)C1CN1C(Cc1ccccc1)C(=O)OC. The third-order valence-corrected chi connectivity index (χ3v) is 4.31. The Morgan fingerprint density at radius 1 is 1.21 bits per heavy atom. The summed E-state index contributed by atoms with van der Waals surface area (Å²) in [6, 6.07) is 9.01. The van der Waals surface area contributed by atoms with Crippen LogP contribution in [0.3, 0.4) is 0 Å². The minimum absolute atomic E-state index is 0.228. The topological polar surface area (TPSA) is 55.6 Å². The molecule has 0 aliphatic carbocycles. The van der Waals surface area contributed by atoms with Gasteiger partial charge in [0.1, 0.15) is 12.1 Å². The van der Waals surface area contributed by atoms with Crippen molar-refractivity contribution in [2.45, 2.75) is 51.1 Å². The second-order valence-electron chi connectivity index (χ2n) is 6.17. The van der Waals surface area contributed by atoms with E-state index in [1.165, 1.54) is 7.11 Å². The van der Waals surface area contributed by atoms with E-state index in [1.807, 2.05) is 35.2 Å². The lowest BCUT2D eigenvalue weighted by molar-refractivity contribution is -0.147. The van der Waals surface area contributed by atoms with Gasteiger partial charge in [-0.15, -0.1) is 0 Å². The molecule has 1 saturated heterocycles. The van der Waals surface area contributed by atoms with Crippen LogP contribution < -0.4 is 0 Å². The van der Waals surface area contributed by atoms with E-state index in [-0.39, 0.29) is 18.0 Å². The van der Waals surface area contributed by atoms with Gasteiger partial charge in [-0.25, -0.2) is 0 Å². The number of hydrogen-bond acceptors (Lipinski definition) is 5. The normalized spacial score (nSPS) is 20.2. The maximum absolute atomic E-state index is 12.1. The highest BCUT2D eigenvalue weighted by molar-refractivity contribution is 5.83. The Balaban J connectivity index is 1.84. The van der Waals surface area contributed by atoms with Crippen LogP contribution in [0.5, 0.6) is 0 Å². The maximum atomic E-state index is 12.1. The van der Waals surface area contributed by atoms with Crippen LogP contribution in [0, 0.1) is 0 Å². The third kappa shape index (κ3) is 5.34. The smallest absolute Gasteiger partial charge is 0.324 e. The molecule has 2 rings (SSSR count). The monoisotopic (exact) mass is 333 g/mol. The molecule has 0 amide bonds. The number of nitrogens with zero attached hydrogens (tertiary/aromatic N) is 1. The van der Waals surface area contributed by atoms with Gasteiger partial charge in [0.05, 0.1) is 13.7 Å². The van der Waals surface area contributed by atoms with Crippen LogP contribution in [-0.2, 0) is 25.5 Å². The Morgan fingerprint density at radius 3 is 2.62 bits per heavy atom. The van der Waals surface area contributed by atoms with Gasteiger partial charge in [0.2, 0.25) is 0 Å². The summed E-state index contributed by atoms with van der Waals surface area (Å²) in [6.45, 7) is 3.17. The molecule has 0 saturated carbocycles. The number of rotatable bonds is 10. The van der Waals surface area contributed by atoms with Gasteiger partial charge in [0.15, 0.2) is 0 Å². The fourth-order valence-electron chi connectivity index (χ4n) is 2.81. The van der Waals surface area contributed by atoms with Gasteiger partial charge < -0.3 is 9.47 Å². The lowest BCUT2D eigenvalue weighted by Gasteiger charge is -2.16. The first-order valence-corrected chi connectivity index (χ1v) is 8.71. The lowest BCUT2D eigenvalue weighted by atomic mass is 10.1. The largest absolute Gasteiger partial charge is 0.468 e. The molecule has 0 aromatic heterocycles. The molecule has 132 valence electrons. The molecule has 0 N–H and O–H groups in total. The summed E-state index contributed by atoms with van der Waals surface area (Å²) in [4.78, 5) is 26.0. The van der Waals surface area contributed by atoms with Gasteiger partial charge in [0.25, 0.3) is 0 Å². The maximum Gasteiger partial charge on any atom is 0.324 e. The highest BCUT2D eigenvalue weighted by atomic mass is 16.5. The molecule has 1 aromatic rings. The molecule has 3 atom stereocenters. The van der Waals surface area contributed by atoms with E-state index >= 15 is 0 Å². The Hall–Kier alpha value is -1.88. The standard InChI is InChI=1S/C19H27NO4/c1-3-4-5-9-12-24-19(22)17-14-20(17)16(18(21)23-2)13-15-10-7-6-8-11-15/h6-8,10-11,16-17H,3-5,9,12-14H2,1-2H3. The van der Waals surface area contributed by atoms with Crippen molar-refractivity contribution in [1.29, 1.82) is 0 Å². The van der Waals surface area contributed by atoms with Crippen LogP contribution >= 0.6 is 0 Å². The average Bonchev–Trinajstić information content (AvgIpc) is 3.40. The molecular weight excluding hydrogens is 306 g/mol. The molecule has 1 aromatic carbocycles. The third-order valence-electron chi connectivity index (χ3n) is 4.31. The van der Waals surface area contributed by atoms with Crippen molar-refractivity contribution in [3.05, 3.63) is 35.9 Å². The Kier molecular flexibility index (Phi) is 7.25. The molecule has 1 heterocycles. The van der Waals surface area contributed by atoms with E-state index in [9.17, 15) is 9.59 Å². The lowest BCUT2D eigenvalue weighted by Crippen LogP contribution is -2.35. The Morgan fingerprint density at radius 2 is 1.96 bits per heavy atom. The summed E-state index contributed by atoms with van der Waals surface area (Å²) in [7, 11) is 1.38. The zero-order valence-corrected chi connectivity index (χ0v) is 14.6. The molecule has 0 radical (unpaired) electrons. The fraction of sp³-hybridized carbons (Fsp3) is 0.579. The van der Waals surface area contributed by atoms with Crippen LogP contribution in [0.1, 0.15) is 38.2 Å². The molecule has 0 spiro atoms. The first-order chi connectivity index (χ1) is 11.7. The van der Waals surface area contributed by atoms with Crippen LogP contribution in [0.15, 0.2) is 30.3 Å². The predicted octanol–water partition coefficient (Wildman–Crippen LogP) is 2.58. The zero-order valence-electron chi connectivity index (χ0n) is 14.6. The van der Waals surface area contributed by atoms with Gasteiger partial charge >= 0.3 is 11.9 Å². The van der Waals surface area contributed by atoms with Crippen molar-refractivity contribution >= 4 is 11.9 Å². The molecule has 5 heteroatoms. The Labute approximate surface area is 143 Å². The highest BCUT2D eigenvalue weighted by Crippen LogP contribution is 2.26. The number of hydrogen-bond donors (Lipinski definition) is 0. The van der Waals surface area contributed by atoms with E-state index < -0.39 is 6.04 Å². The molecular formula is C19H27NO4. The van der Waals surface area contributed by atoms with E-state index in [0.29, 0.717) is 19.6 Å². The van der Waals surface area contributed by atoms with Gasteiger partial charge in [0, 0.05) is 6.54 Å². The summed E-state index contributed by atoms with van der Waals surface area (Å²) < 4.78 is 10.2. The quantitative estimate of drug-likeness (QED) is 0.374. The number of ether oxygens (including phenoxy) is 2. The second kappa shape index (κ2) is 9.42. The highest BCUT2D eigenvalue weighted by Gasteiger charge is 2.48. The van der Waals surface area contributed by atoms with Crippen molar-refractivity contribution in [1.82, 2.24) is 4.90 Å². The molecule has 1 fully saturated rings. The summed E-state index contributed by atoms with van der Waals surface area (Å²) in [5.41, 5.74) is 1.05. The Bertz CT molecular complexity index is 531. The van der Waals surface area contributed by atoms with Crippen LogP contribution in [0.4, 0.5) is 0 Å². The van der Waals surface area contributed by atoms with E-state index in [4.69, 9.17) is 9.47 Å². The molecule has 3 unspecified atom stereocenters. The van der Waals surface area contributed by atoms with Crippen molar-refractivity contribution < 1.29 is 19.1 Å². The van der Waals surface area contributed by atoms with Crippen molar-refractivity contribution in [3.8, 4) is 0 Å². The van der Waals surface area contributed by atoms with Crippen LogP contribution in [0.2, 0.25) is 0 Å². The number of unbranched alkanes of at least 4 members (excludes halogenated alkanes) is 3. The predicted molar refractivity (Wildman–Crippen MR) is 91.5 cm³/mol.